The van der Waals surface area contributed by atoms with Crippen molar-refractivity contribution in [1.29, 1.82) is 0 Å². The summed E-state index contributed by atoms with van der Waals surface area (Å²) in [5, 5.41) is 4.25. The summed E-state index contributed by atoms with van der Waals surface area (Å²) >= 11 is 3.46. The van der Waals surface area contributed by atoms with Crippen molar-refractivity contribution in [2.24, 2.45) is 5.73 Å². The van der Waals surface area contributed by atoms with Crippen LogP contribution in [0.2, 0.25) is 0 Å². The first-order valence-electron chi connectivity index (χ1n) is 4.22. The van der Waals surface area contributed by atoms with Crippen LogP contribution in [0.15, 0.2) is 16.9 Å². The van der Waals surface area contributed by atoms with Crippen LogP contribution in [0.5, 0.6) is 0 Å². The zero-order chi connectivity index (χ0) is 8.55. The highest BCUT2D eigenvalue weighted by molar-refractivity contribution is 9.10. The Morgan fingerprint density at radius 3 is 2.92 bits per heavy atom. The fourth-order valence-electron chi connectivity index (χ4n) is 1.78. The second-order valence-corrected chi connectivity index (χ2v) is 4.14. The molecular formula is C8H12BrN3. The molecule has 1 aliphatic rings. The van der Waals surface area contributed by atoms with Gasteiger partial charge in [-0.15, -0.1) is 0 Å². The number of rotatable bonds is 1. The average Bonchev–Trinajstić information content (AvgIpc) is 2.58. The van der Waals surface area contributed by atoms with Gasteiger partial charge in [0.25, 0.3) is 0 Å². The summed E-state index contributed by atoms with van der Waals surface area (Å²) in [4.78, 5) is 0. The third-order valence-corrected chi connectivity index (χ3v) is 3.04. The summed E-state index contributed by atoms with van der Waals surface area (Å²) in [6.45, 7) is 0. The maximum atomic E-state index is 5.82. The molecule has 0 spiro atoms. The van der Waals surface area contributed by atoms with Crippen molar-refractivity contribution in [2.45, 2.75) is 31.3 Å². The van der Waals surface area contributed by atoms with E-state index in [0.29, 0.717) is 12.1 Å². The molecule has 2 atom stereocenters. The van der Waals surface area contributed by atoms with E-state index in [2.05, 4.69) is 21.0 Å². The van der Waals surface area contributed by atoms with Crippen LogP contribution in [0.3, 0.4) is 0 Å². The van der Waals surface area contributed by atoms with Crippen LogP contribution < -0.4 is 5.73 Å². The summed E-state index contributed by atoms with van der Waals surface area (Å²) < 4.78 is 3.08. The molecule has 0 amide bonds. The fourth-order valence-corrected chi connectivity index (χ4v) is 2.28. The number of halogens is 1. The molecule has 1 heterocycles. The number of nitrogens with two attached hydrogens (primary N) is 1. The molecule has 1 aliphatic carbocycles. The van der Waals surface area contributed by atoms with Crippen molar-refractivity contribution in [3.05, 3.63) is 16.9 Å². The summed E-state index contributed by atoms with van der Waals surface area (Å²) in [6, 6.07) is 2.83. The first-order valence-corrected chi connectivity index (χ1v) is 5.01. The molecule has 0 saturated heterocycles. The van der Waals surface area contributed by atoms with E-state index in [1.54, 1.807) is 0 Å². The molecule has 0 bridgehead atoms. The second kappa shape index (κ2) is 3.18. The minimum absolute atomic E-state index is 0.367. The van der Waals surface area contributed by atoms with Gasteiger partial charge in [0.05, 0.1) is 12.2 Å². The first-order chi connectivity index (χ1) is 5.77. The molecular weight excluding hydrogens is 218 g/mol. The topological polar surface area (TPSA) is 43.8 Å². The predicted octanol–water partition coefficient (Wildman–Crippen LogP) is 1.70. The lowest BCUT2D eigenvalue weighted by Gasteiger charge is -2.11. The molecule has 1 aromatic rings. The van der Waals surface area contributed by atoms with Gasteiger partial charge >= 0.3 is 0 Å². The van der Waals surface area contributed by atoms with Crippen molar-refractivity contribution < 1.29 is 0 Å². The molecule has 0 radical (unpaired) electrons. The smallest absolute Gasteiger partial charge is 0.104 e. The number of nitrogens with zero attached hydrogens (tertiary/aromatic N) is 2. The van der Waals surface area contributed by atoms with Gasteiger partial charge in [-0.3, -0.25) is 4.68 Å². The Morgan fingerprint density at radius 1 is 1.58 bits per heavy atom. The van der Waals surface area contributed by atoms with Crippen molar-refractivity contribution in [3.8, 4) is 0 Å². The van der Waals surface area contributed by atoms with E-state index in [0.717, 1.165) is 23.9 Å². The minimum atomic E-state index is 0.367. The van der Waals surface area contributed by atoms with Crippen LogP contribution >= 0.6 is 15.9 Å². The molecule has 66 valence electrons. The Bertz CT molecular complexity index is 271. The van der Waals surface area contributed by atoms with E-state index in [4.69, 9.17) is 5.73 Å². The summed E-state index contributed by atoms with van der Waals surface area (Å²) in [7, 11) is 0. The van der Waals surface area contributed by atoms with Crippen LogP contribution in [0, 0.1) is 0 Å². The molecule has 1 fully saturated rings. The molecule has 2 unspecified atom stereocenters. The highest BCUT2D eigenvalue weighted by Crippen LogP contribution is 2.30. The van der Waals surface area contributed by atoms with E-state index in [9.17, 15) is 0 Å². The molecule has 3 nitrogen and oxygen atoms in total. The molecule has 12 heavy (non-hydrogen) atoms. The van der Waals surface area contributed by atoms with Gasteiger partial charge < -0.3 is 5.73 Å². The van der Waals surface area contributed by atoms with Gasteiger partial charge in [-0.1, -0.05) is 0 Å². The lowest BCUT2D eigenvalue weighted by molar-refractivity contribution is 0.452. The van der Waals surface area contributed by atoms with E-state index in [-0.39, 0.29) is 0 Å². The molecule has 0 aliphatic heterocycles. The van der Waals surface area contributed by atoms with Crippen molar-refractivity contribution >= 4 is 15.9 Å². The van der Waals surface area contributed by atoms with Crippen molar-refractivity contribution in [3.63, 3.8) is 0 Å². The number of hydrogen-bond acceptors (Lipinski definition) is 2. The van der Waals surface area contributed by atoms with Gasteiger partial charge in [-0.05, 0) is 41.3 Å². The van der Waals surface area contributed by atoms with Gasteiger partial charge in [0.1, 0.15) is 4.60 Å². The van der Waals surface area contributed by atoms with Crippen LogP contribution in [0.1, 0.15) is 25.3 Å². The minimum Gasteiger partial charge on any atom is -0.328 e. The Balaban J connectivity index is 2.16. The van der Waals surface area contributed by atoms with E-state index >= 15 is 0 Å². The zero-order valence-corrected chi connectivity index (χ0v) is 8.37. The molecule has 4 heteroatoms. The van der Waals surface area contributed by atoms with Crippen molar-refractivity contribution in [2.75, 3.05) is 0 Å². The van der Waals surface area contributed by atoms with Gasteiger partial charge in [0.2, 0.25) is 0 Å². The Labute approximate surface area is 80.1 Å². The van der Waals surface area contributed by atoms with Crippen LogP contribution in [-0.2, 0) is 0 Å². The first kappa shape index (κ1) is 8.26. The fraction of sp³-hybridized carbons (Fsp3) is 0.625. The Morgan fingerprint density at radius 2 is 2.42 bits per heavy atom. The molecule has 2 rings (SSSR count). The maximum Gasteiger partial charge on any atom is 0.104 e. The highest BCUT2D eigenvalue weighted by Gasteiger charge is 2.24. The summed E-state index contributed by atoms with van der Waals surface area (Å²) in [5.74, 6) is 0. The molecule has 2 N–H and O–H groups in total. The van der Waals surface area contributed by atoms with E-state index in [1.807, 2.05) is 16.9 Å². The molecule has 1 saturated carbocycles. The largest absolute Gasteiger partial charge is 0.328 e. The van der Waals surface area contributed by atoms with Crippen LogP contribution in [0.25, 0.3) is 0 Å². The summed E-state index contributed by atoms with van der Waals surface area (Å²) in [6.07, 6.45) is 5.15. The van der Waals surface area contributed by atoms with Crippen molar-refractivity contribution in [1.82, 2.24) is 9.78 Å². The maximum absolute atomic E-state index is 5.82. The van der Waals surface area contributed by atoms with Gasteiger partial charge in [-0.25, -0.2) is 0 Å². The highest BCUT2D eigenvalue weighted by atomic mass is 79.9. The lowest BCUT2D eigenvalue weighted by atomic mass is 10.2. The molecule has 1 aromatic heterocycles. The second-order valence-electron chi connectivity index (χ2n) is 3.33. The quantitative estimate of drug-likeness (QED) is 0.797. The predicted molar refractivity (Wildman–Crippen MR) is 50.8 cm³/mol. The standard InChI is InChI=1S/C8H12BrN3/c9-8-3-4-11-12(8)7-2-1-6(10)5-7/h3-4,6-7H,1-2,5,10H2. The van der Waals surface area contributed by atoms with E-state index in [1.165, 1.54) is 0 Å². The van der Waals surface area contributed by atoms with E-state index < -0.39 is 0 Å². The zero-order valence-electron chi connectivity index (χ0n) is 6.78. The van der Waals surface area contributed by atoms with Gasteiger partial charge in [0, 0.05) is 6.04 Å². The Hall–Kier alpha value is -0.350. The number of hydrogen-bond donors (Lipinski definition) is 1. The lowest BCUT2D eigenvalue weighted by Crippen LogP contribution is -2.16. The number of aromatic nitrogens is 2. The average molecular weight is 230 g/mol. The van der Waals surface area contributed by atoms with Crippen LogP contribution in [-0.4, -0.2) is 15.8 Å². The van der Waals surface area contributed by atoms with Gasteiger partial charge in [-0.2, -0.15) is 5.10 Å². The van der Waals surface area contributed by atoms with Crippen LogP contribution in [0.4, 0.5) is 0 Å². The normalized spacial score (nSPS) is 29.5. The third-order valence-electron chi connectivity index (χ3n) is 2.41. The monoisotopic (exact) mass is 229 g/mol. The van der Waals surface area contributed by atoms with Gasteiger partial charge in [0.15, 0.2) is 0 Å². The SMILES string of the molecule is NC1CCC(n2nccc2Br)C1. The summed E-state index contributed by atoms with van der Waals surface area (Å²) in [5.41, 5.74) is 5.82. The Kier molecular flexibility index (Phi) is 2.19. The third kappa shape index (κ3) is 1.41. The molecule has 0 aromatic carbocycles.